The molecule has 1 saturated heterocycles. The number of aromatic nitrogens is 1. The van der Waals surface area contributed by atoms with Crippen LogP contribution in [0, 0.1) is 0 Å². The highest BCUT2D eigenvalue weighted by Crippen LogP contribution is 2.34. The molecular weight excluding hydrogens is 294 g/mol. The quantitative estimate of drug-likeness (QED) is 0.856. The maximum atomic E-state index is 4.54. The van der Waals surface area contributed by atoms with Gasteiger partial charge in [0.25, 0.3) is 0 Å². The summed E-state index contributed by atoms with van der Waals surface area (Å²) in [4.78, 5) is 9.79. The van der Waals surface area contributed by atoms with E-state index < -0.39 is 0 Å². The largest absolute Gasteiger partial charge is 0.364 e. The molecule has 0 bridgehead atoms. The number of aryl methyl sites for hydroxylation is 1. The molecule has 1 aromatic heterocycles. The fourth-order valence-electron chi connectivity index (χ4n) is 4.32. The molecule has 0 unspecified atom stereocenters. The highest BCUT2D eigenvalue weighted by Gasteiger charge is 2.32. The van der Waals surface area contributed by atoms with Gasteiger partial charge in [0.1, 0.15) is 0 Å². The number of piperazine rings is 1. The minimum Gasteiger partial charge on any atom is -0.364 e. The van der Waals surface area contributed by atoms with Crippen LogP contribution in [0.15, 0.2) is 42.7 Å². The standard InChI is InChI=1S/C21H27N3/c1-2-6-18-13-22-14-21-20(18)10-9-19-16-23(11-12-24(19)21)15-17-7-4-3-5-8-17/h3-5,7-8,13-14,19H,2,6,9-12,15-16H2,1H3/t19-/m1/s1. The molecule has 3 heterocycles. The SMILES string of the molecule is CCCc1cncc2c1CC[C@@H]1CN(Cc3ccccc3)CCN21. The van der Waals surface area contributed by atoms with Crippen LogP contribution in [0.5, 0.6) is 0 Å². The Labute approximate surface area is 145 Å². The molecule has 1 atom stereocenters. The summed E-state index contributed by atoms with van der Waals surface area (Å²) in [5.41, 5.74) is 5.88. The van der Waals surface area contributed by atoms with E-state index in [1.54, 1.807) is 5.56 Å². The van der Waals surface area contributed by atoms with Gasteiger partial charge < -0.3 is 4.90 Å². The van der Waals surface area contributed by atoms with Crippen LogP contribution in [0.2, 0.25) is 0 Å². The van der Waals surface area contributed by atoms with Crippen molar-refractivity contribution in [3.8, 4) is 0 Å². The first kappa shape index (κ1) is 15.6. The number of fused-ring (bicyclic) bond motifs is 3. The van der Waals surface area contributed by atoms with Crippen molar-refractivity contribution < 1.29 is 0 Å². The second kappa shape index (κ2) is 6.94. The van der Waals surface area contributed by atoms with Gasteiger partial charge in [0.2, 0.25) is 0 Å². The van der Waals surface area contributed by atoms with E-state index in [1.807, 2.05) is 0 Å². The lowest BCUT2D eigenvalue weighted by Crippen LogP contribution is -2.54. The monoisotopic (exact) mass is 321 g/mol. The summed E-state index contributed by atoms with van der Waals surface area (Å²) < 4.78 is 0. The third-order valence-corrected chi connectivity index (χ3v) is 5.50. The highest BCUT2D eigenvalue weighted by molar-refractivity contribution is 5.58. The zero-order chi connectivity index (χ0) is 16.4. The molecule has 3 nitrogen and oxygen atoms in total. The molecule has 1 fully saturated rings. The normalized spacial score (nSPS) is 20.5. The Kier molecular flexibility index (Phi) is 4.52. The van der Waals surface area contributed by atoms with Crippen molar-refractivity contribution in [2.75, 3.05) is 24.5 Å². The van der Waals surface area contributed by atoms with E-state index in [0.717, 1.165) is 26.1 Å². The molecule has 2 aliphatic rings. The van der Waals surface area contributed by atoms with E-state index >= 15 is 0 Å². The van der Waals surface area contributed by atoms with Gasteiger partial charge in [-0.3, -0.25) is 9.88 Å². The summed E-state index contributed by atoms with van der Waals surface area (Å²) in [6, 6.07) is 11.5. The lowest BCUT2D eigenvalue weighted by molar-refractivity contribution is 0.206. The van der Waals surface area contributed by atoms with Gasteiger partial charge in [-0.15, -0.1) is 0 Å². The first-order valence-electron chi connectivity index (χ1n) is 9.34. The lowest BCUT2D eigenvalue weighted by Gasteiger charge is -2.46. The number of hydrogen-bond donors (Lipinski definition) is 0. The summed E-state index contributed by atoms with van der Waals surface area (Å²) in [5, 5.41) is 0. The molecule has 0 amide bonds. The Balaban J connectivity index is 1.49. The summed E-state index contributed by atoms with van der Waals surface area (Å²) in [6.45, 7) is 6.77. The number of pyridine rings is 1. The predicted molar refractivity (Wildman–Crippen MR) is 99.4 cm³/mol. The fraction of sp³-hybridized carbons (Fsp3) is 0.476. The van der Waals surface area contributed by atoms with Crippen molar-refractivity contribution in [1.82, 2.24) is 9.88 Å². The van der Waals surface area contributed by atoms with E-state index in [9.17, 15) is 0 Å². The molecule has 0 aliphatic carbocycles. The second-order valence-corrected chi connectivity index (χ2v) is 7.15. The van der Waals surface area contributed by atoms with E-state index in [-0.39, 0.29) is 0 Å². The summed E-state index contributed by atoms with van der Waals surface area (Å²) >= 11 is 0. The minimum absolute atomic E-state index is 0.647. The highest BCUT2D eigenvalue weighted by atomic mass is 15.3. The van der Waals surface area contributed by atoms with Crippen molar-refractivity contribution in [3.05, 3.63) is 59.4 Å². The summed E-state index contributed by atoms with van der Waals surface area (Å²) in [7, 11) is 0. The molecule has 24 heavy (non-hydrogen) atoms. The van der Waals surface area contributed by atoms with Crippen molar-refractivity contribution in [3.63, 3.8) is 0 Å². The van der Waals surface area contributed by atoms with Gasteiger partial charge >= 0.3 is 0 Å². The number of hydrogen-bond acceptors (Lipinski definition) is 3. The van der Waals surface area contributed by atoms with Crippen molar-refractivity contribution >= 4 is 5.69 Å². The van der Waals surface area contributed by atoms with Crippen LogP contribution in [-0.4, -0.2) is 35.6 Å². The molecular formula is C21H27N3. The van der Waals surface area contributed by atoms with E-state index in [1.165, 1.54) is 42.6 Å². The summed E-state index contributed by atoms with van der Waals surface area (Å²) in [6.07, 6.45) is 9.05. The van der Waals surface area contributed by atoms with E-state index in [0.29, 0.717) is 6.04 Å². The number of rotatable bonds is 4. The smallest absolute Gasteiger partial charge is 0.0591 e. The fourth-order valence-corrected chi connectivity index (χ4v) is 4.32. The van der Waals surface area contributed by atoms with Gasteiger partial charge in [0.05, 0.1) is 11.9 Å². The van der Waals surface area contributed by atoms with Crippen LogP contribution < -0.4 is 4.90 Å². The minimum atomic E-state index is 0.647. The Morgan fingerprint density at radius 2 is 2.00 bits per heavy atom. The molecule has 1 aromatic carbocycles. The zero-order valence-electron chi connectivity index (χ0n) is 14.6. The topological polar surface area (TPSA) is 19.4 Å². The molecule has 0 spiro atoms. The maximum Gasteiger partial charge on any atom is 0.0591 e. The molecule has 0 N–H and O–H groups in total. The van der Waals surface area contributed by atoms with E-state index in [4.69, 9.17) is 0 Å². The van der Waals surface area contributed by atoms with E-state index in [2.05, 4.69) is 64.4 Å². The summed E-state index contributed by atoms with van der Waals surface area (Å²) in [5.74, 6) is 0. The molecule has 3 heteroatoms. The molecule has 4 rings (SSSR count). The van der Waals surface area contributed by atoms with Gasteiger partial charge in [-0.1, -0.05) is 43.7 Å². The molecule has 2 aromatic rings. The molecule has 0 radical (unpaired) electrons. The molecule has 0 saturated carbocycles. The third-order valence-electron chi connectivity index (χ3n) is 5.50. The number of benzene rings is 1. The van der Waals surface area contributed by atoms with Gasteiger partial charge in [-0.2, -0.15) is 0 Å². The Morgan fingerprint density at radius 1 is 1.12 bits per heavy atom. The second-order valence-electron chi connectivity index (χ2n) is 7.15. The Morgan fingerprint density at radius 3 is 2.83 bits per heavy atom. The van der Waals surface area contributed by atoms with Gasteiger partial charge in [-0.25, -0.2) is 0 Å². The maximum absolute atomic E-state index is 4.54. The average Bonchev–Trinajstić information content (AvgIpc) is 2.63. The van der Waals surface area contributed by atoms with Crippen LogP contribution in [0.3, 0.4) is 0 Å². The van der Waals surface area contributed by atoms with Crippen LogP contribution >= 0.6 is 0 Å². The molecule has 126 valence electrons. The van der Waals surface area contributed by atoms with Crippen molar-refractivity contribution in [2.24, 2.45) is 0 Å². The molecule has 2 aliphatic heterocycles. The first-order chi connectivity index (χ1) is 11.8. The van der Waals surface area contributed by atoms with Gasteiger partial charge in [0.15, 0.2) is 0 Å². The number of anilines is 1. The lowest BCUT2D eigenvalue weighted by atomic mass is 9.91. The predicted octanol–water partition coefficient (Wildman–Crippen LogP) is 3.67. The van der Waals surface area contributed by atoms with Crippen molar-refractivity contribution in [2.45, 2.75) is 45.2 Å². The number of nitrogens with zero attached hydrogens (tertiary/aromatic N) is 3. The first-order valence-corrected chi connectivity index (χ1v) is 9.34. The van der Waals surface area contributed by atoms with Crippen LogP contribution in [0.1, 0.15) is 36.5 Å². The van der Waals surface area contributed by atoms with Gasteiger partial charge in [0, 0.05) is 38.4 Å². The van der Waals surface area contributed by atoms with Crippen LogP contribution in [-0.2, 0) is 19.4 Å². The Bertz CT molecular complexity index is 683. The van der Waals surface area contributed by atoms with Crippen LogP contribution in [0.4, 0.5) is 5.69 Å². The zero-order valence-corrected chi connectivity index (χ0v) is 14.6. The average molecular weight is 321 g/mol. The van der Waals surface area contributed by atoms with Crippen molar-refractivity contribution in [1.29, 1.82) is 0 Å². The Hall–Kier alpha value is -1.87. The van der Waals surface area contributed by atoms with Gasteiger partial charge in [-0.05, 0) is 36.0 Å². The van der Waals surface area contributed by atoms with Crippen LogP contribution in [0.25, 0.3) is 0 Å². The third kappa shape index (κ3) is 3.05.